The predicted molar refractivity (Wildman–Crippen MR) is 78.9 cm³/mol. The monoisotopic (exact) mass is 275 g/mol. The highest BCUT2D eigenvalue weighted by Crippen LogP contribution is 2.19. The third-order valence-corrected chi connectivity index (χ3v) is 3.68. The van der Waals surface area contributed by atoms with Gasteiger partial charge in [-0.1, -0.05) is 23.8 Å². The van der Waals surface area contributed by atoms with Gasteiger partial charge in [0, 0.05) is 13.0 Å². The molecule has 2 rings (SSSR count). The molecule has 0 radical (unpaired) electrons. The fourth-order valence-electron chi connectivity index (χ4n) is 2.53. The lowest BCUT2D eigenvalue weighted by atomic mass is 9.97. The highest BCUT2D eigenvalue weighted by Gasteiger charge is 2.05. The molecule has 3 heteroatoms. The number of carbonyl (C=O) groups is 1. The van der Waals surface area contributed by atoms with Gasteiger partial charge >= 0.3 is 0 Å². The van der Waals surface area contributed by atoms with Crippen molar-refractivity contribution in [2.45, 2.75) is 44.9 Å². The minimum atomic E-state index is -0.243. The summed E-state index contributed by atoms with van der Waals surface area (Å²) < 4.78 is 13.0. The first-order valence-corrected chi connectivity index (χ1v) is 7.43. The van der Waals surface area contributed by atoms with Crippen LogP contribution in [0.25, 0.3) is 0 Å². The lowest BCUT2D eigenvalue weighted by molar-refractivity contribution is -0.121. The van der Waals surface area contributed by atoms with Crippen LogP contribution >= 0.6 is 0 Å². The lowest BCUT2D eigenvalue weighted by Crippen LogP contribution is -2.25. The predicted octanol–water partition coefficient (Wildman–Crippen LogP) is 3.77. The van der Waals surface area contributed by atoms with Crippen molar-refractivity contribution >= 4 is 5.91 Å². The van der Waals surface area contributed by atoms with Crippen LogP contribution in [-0.4, -0.2) is 12.5 Å². The van der Waals surface area contributed by atoms with Gasteiger partial charge in [0.05, 0.1) is 0 Å². The SMILES string of the molecule is O=C(CCc1cccc(F)c1)NCCC1=CCCCC1. The van der Waals surface area contributed by atoms with Crippen LogP contribution in [0.4, 0.5) is 4.39 Å². The third-order valence-electron chi connectivity index (χ3n) is 3.68. The molecule has 1 aliphatic rings. The lowest BCUT2D eigenvalue weighted by Gasteiger charge is -2.12. The first-order chi connectivity index (χ1) is 9.74. The smallest absolute Gasteiger partial charge is 0.220 e. The second-order valence-electron chi connectivity index (χ2n) is 5.34. The molecule has 0 unspecified atom stereocenters. The summed E-state index contributed by atoms with van der Waals surface area (Å²) in [4.78, 5) is 11.7. The first-order valence-electron chi connectivity index (χ1n) is 7.43. The summed E-state index contributed by atoms with van der Waals surface area (Å²) in [5, 5.41) is 2.94. The number of rotatable bonds is 6. The molecule has 0 aliphatic heterocycles. The van der Waals surface area contributed by atoms with Gasteiger partial charge in [0.15, 0.2) is 0 Å². The fraction of sp³-hybridized carbons (Fsp3) is 0.471. The molecule has 0 atom stereocenters. The molecule has 0 aromatic heterocycles. The summed E-state index contributed by atoms with van der Waals surface area (Å²) in [5.41, 5.74) is 2.34. The van der Waals surface area contributed by atoms with Gasteiger partial charge in [0.1, 0.15) is 5.82 Å². The number of aryl methyl sites for hydroxylation is 1. The maximum atomic E-state index is 13.0. The normalized spacial score (nSPS) is 14.8. The van der Waals surface area contributed by atoms with Gasteiger partial charge in [-0.2, -0.15) is 0 Å². The van der Waals surface area contributed by atoms with Crippen molar-refractivity contribution in [2.75, 3.05) is 6.54 Å². The van der Waals surface area contributed by atoms with E-state index in [1.165, 1.54) is 43.4 Å². The second-order valence-corrected chi connectivity index (χ2v) is 5.34. The van der Waals surface area contributed by atoms with E-state index < -0.39 is 0 Å². The summed E-state index contributed by atoms with van der Waals surface area (Å²) >= 11 is 0. The molecule has 0 heterocycles. The molecule has 0 fully saturated rings. The molecule has 1 N–H and O–H groups in total. The number of hydrogen-bond donors (Lipinski definition) is 1. The standard InChI is InChI=1S/C17H22FNO/c18-16-8-4-7-15(13-16)9-10-17(20)19-12-11-14-5-2-1-3-6-14/h4-5,7-8,13H,1-3,6,9-12H2,(H,19,20). The number of hydrogen-bond acceptors (Lipinski definition) is 1. The zero-order valence-corrected chi connectivity index (χ0v) is 11.8. The van der Waals surface area contributed by atoms with Gasteiger partial charge in [0.2, 0.25) is 5.91 Å². The van der Waals surface area contributed by atoms with E-state index in [4.69, 9.17) is 0 Å². The molecule has 1 aliphatic carbocycles. The number of carbonyl (C=O) groups excluding carboxylic acids is 1. The summed E-state index contributed by atoms with van der Waals surface area (Å²) in [6, 6.07) is 6.43. The Labute approximate surface area is 120 Å². The Bertz CT molecular complexity index is 482. The van der Waals surface area contributed by atoms with E-state index >= 15 is 0 Å². The quantitative estimate of drug-likeness (QED) is 0.787. The molecular weight excluding hydrogens is 253 g/mol. The van der Waals surface area contributed by atoms with Gasteiger partial charge in [-0.05, 0) is 56.2 Å². The summed E-state index contributed by atoms with van der Waals surface area (Å²) in [5.74, 6) is -0.196. The Morgan fingerprint density at radius 2 is 2.15 bits per heavy atom. The van der Waals surface area contributed by atoms with Crippen molar-refractivity contribution in [3.63, 3.8) is 0 Å². The summed E-state index contributed by atoms with van der Waals surface area (Å²) in [7, 11) is 0. The molecule has 2 nitrogen and oxygen atoms in total. The van der Waals surface area contributed by atoms with Crippen LogP contribution in [-0.2, 0) is 11.2 Å². The van der Waals surface area contributed by atoms with Gasteiger partial charge in [0.25, 0.3) is 0 Å². The highest BCUT2D eigenvalue weighted by molar-refractivity contribution is 5.76. The van der Waals surface area contributed by atoms with Gasteiger partial charge in [-0.15, -0.1) is 0 Å². The Hall–Kier alpha value is -1.64. The van der Waals surface area contributed by atoms with Crippen molar-refractivity contribution < 1.29 is 9.18 Å². The molecule has 0 spiro atoms. The molecule has 1 aromatic rings. The molecule has 0 saturated carbocycles. The Morgan fingerprint density at radius 3 is 2.90 bits per heavy atom. The number of amides is 1. The number of benzene rings is 1. The molecule has 1 amide bonds. The zero-order chi connectivity index (χ0) is 14.2. The summed E-state index contributed by atoms with van der Waals surface area (Å²) in [6.07, 6.45) is 9.22. The van der Waals surface area contributed by atoms with E-state index in [1.54, 1.807) is 6.07 Å². The van der Waals surface area contributed by atoms with Crippen molar-refractivity contribution in [1.82, 2.24) is 5.32 Å². The third kappa shape index (κ3) is 5.16. The van der Waals surface area contributed by atoms with Crippen LogP contribution in [0.15, 0.2) is 35.9 Å². The van der Waals surface area contributed by atoms with E-state index in [0.29, 0.717) is 19.4 Å². The molecule has 108 valence electrons. The minimum Gasteiger partial charge on any atom is -0.356 e. The topological polar surface area (TPSA) is 29.1 Å². The van der Waals surface area contributed by atoms with Crippen molar-refractivity contribution in [1.29, 1.82) is 0 Å². The molecule has 0 saturated heterocycles. The number of allylic oxidation sites excluding steroid dienone is 1. The van der Waals surface area contributed by atoms with E-state index in [0.717, 1.165) is 12.0 Å². The van der Waals surface area contributed by atoms with Crippen molar-refractivity contribution in [3.05, 3.63) is 47.3 Å². The molecular formula is C17H22FNO. The fourth-order valence-corrected chi connectivity index (χ4v) is 2.53. The van der Waals surface area contributed by atoms with Crippen LogP contribution in [0, 0.1) is 5.82 Å². The first kappa shape index (κ1) is 14.8. The summed E-state index contributed by atoms with van der Waals surface area (Å²) in [6.45, 7) is 0.716. The van der Waals surface area contributed by atoms with E-state index in [2.05, 4.69) is 11.4 Å². The van der Waals surface area contributed by atoms with Crippen LogP contribution in [0.3, 0.4) is 0 Å². The molecule has 1 aromatic carbocycles. The minimum absolute atomic E-state index is 0.0469. The van der Waals surface area contributed by atoms with Crippen LogP contribution < -0.4 is 5.32 Å². The van der Waals surface area contributed by atoms with Gasteiger partial charge in [-0.25, -0.2) is 4.39 Å². The zero-order valence-electron chi connectivity index (χ0n) is 11.8. The van der Waals surface area contributed by atoms with Gasteiger partial charge in [-0.3, -0.25) is 4.79 Å². The second kappa shape index (κ2) is 7.83. The largest absolute Gasteiger partial charge is 0.356 e. The Morgan fingerprint density at radius 1 is 1.25 bits per heavy atom. The van der Waals surface area contributed by atoms with Crippen LogP contribution in [0.1, 0.15) is 44.1 Å². The number of nitrogens with one attached hydrogen (secondary N) is 1. The van der Waals surface area contributed by atoms with Gasteiger partial charge < -0.3 is 5.32 Å². The van der Waals surface area contributed by atoms with E-state index in [-0.39, 0.29) is 11.7 Å². The van der Waals surface area contributed by atoms with E-state index in [1.807, 2.05) is 6.07 Å². The maximum absolute atomic E-state index is 13.0. The molecule has 0 bridgehead atoms. The Balaban J connectivity index is 1.64. The van der Waals surface area contributed by atoms with E-state index in [9.17, 15) is 9.18 Å². The highest BCUT2D eigenvalue weighted by atomic mass is 19.1. The van der Waals surface area contributed by atoms with Crippen molar-refractivity contribution in [2.24, 2.45) is 0 Å². The maximum Gasteiger partial charge on any atom is 0.220 e. The average molecular weight is 275 g/mol. The Kier molecular flexibility index (Phi) is 5.78. The van der Waals surface area contributed by atoms with Crippen LogP contribution in [0.2, 0.25) is 0 Å². The average Bonchev–Trinajstić information content (AvgIpc) is 2.46. The molecule has 20 heavy (non-hydrogen) atoms. The number of halogens is 1. The van der Waals surface area contributed by atoms with Crippen LogP contribution in [0.5, 0.6) is 0 Å². The van der Waals surface area contributed by atoms with Crippen molar-refractivity contribution in [3.8, 4) is 0 Å².